The Morgan fingerprint density at radius 3 is 2.75 bits per heavy atom. The van der Waals surface area contributed by atoms with Crippen LogP contribution in [-0.2, 0) is 0 Å². The third kappa shape index (κ3) is 3.09. The minimum absolute atomic E-state index is 0.122. The van der Waals surface area contributed by atoms with E-state index in [1.165, 1.54) is 14.0 Å². The van der Waals surface area contributed by atoms with E-state index in [9.17, 15) is 0 Å². The summed E-state index contributed by atoms with van der Waals surface area (Å²) in [6, 6.07) is 16.8. The highest BCUT2D eigenvalue weighted by Crippen LogP contribution is 2.30. The number of rotatable bonds is 2. The Balaban J connectivity index is 1.80. The maximum atomic E-state index is 4.70. The Kier molecular flexibility index (Phi) is 4.16. The fourth-order valence-corrected chi connectivity index (χ4v) is 3.43. The van der Waals surface area contributed by atoms with Crippen molar-refractivity contribution in [2.75, 3.05) is 5.32 Å². The van der Waals surface area contributed by atoms with Crippen LogP contribution >= 0.6 is 34.5 Å². The van der Waals surface area contributed by atoms with E-state index >= 15 is 0 Å². The van der Waals surface area contributed by atoms with Crippen LogP contribution in [0.1, 0.15) is 18.5 Å². The summed E-state index contributed by atoms with van der Waals surface area (Å²) in [6.45, 7) is 2.10. The normalized spacial score (nSPS) is 17.0. The number of hydrogen-bond donors (Lipinski definition) is 2. The van der Waals surface area contributed by atoms with E-state index < -0.39 is 0 Å². The van der Waals surface area contributed by atoms with Crippen LogP contribution in [0.4, 0.5) is 5.69 Å². The SMILES string of the molecule is CC(N=C1NSc2cc(I)ccc2N1)c1ccccc1. The smallest absolute Gasteiger partial charge is 0.206 e. The molecule has 1 aliphatic rings. The molecular formula is C15H14IN3S. The van der Waals surface area contributed by atoms with Gasteiger partial charge < -0.3 is 5.32 Å². The second-order valence-corrected chi connectivity index (χ2v) is 6.63. The molecule has 0 radical (unpaired) electrons. The lowest BCUT2D eigenvalue weighted by molar-refractivity contribution is 0.815. The minimum Gasteiger partial charge on any atom is -0.325 e. The van der Waals surface area contributed by atoms with Gasteiger partial charge in [0.2, 0.25) is 5.96 Å². The molecule has 1 heterocycles. The van der Waals surface area contributed by atoms with Gasteiger partial charge in [-0.05, 0) is 65.2 Å². The van der Waals surface area contributed by atoms with Gasteiger partial charge in [-0.1, -0.05) is 30.3 Å². The Morgan fingerprint density at radius 2 is 1.95 bits per heavy atom. The van der Waals surface area contributed by atoms with Crippen LogP contribution in [0.25, 0.3) is 0 Å². The molecule has 3 nitrogen and oxygen atoms in total. The predicted molar refractivity (Wildman–Crippen MR) is 94.1 cm³/mol. The zero-order chi connectivity index (χ0) is 13.9. The van der Waals surface area contributed by atoms with Crippen molar-refractivity contribution in [2.24, 2.45) is 4.99 Å². The number of benzene rings is 2. The molecule has 0 saturated heterocycles. The van der Waals surface area contributed by atoms with Gasteiger partial charge in [0.25, 0.3) is 0 Å². The van der Waals surface area contributed by atoms with Gasteiger partial charge in [0, 0.05) is 3.57 Å². The van der Waals surface area contributed by atoms with Crippen molar-refractivity contribution in [2.45, 2.75) is 17.9 Å². The van der Waals surface area contributed by atoms with Gasteiger partial charge in [0.05, 0.1) is 16.6 Å². The van der Waals surface area contributed by atoms with Crippen molar-refractivity contribution >= 4 is 46.2 Å². The van der Waals surface area contributed by atoms with Crippen LogP contribution in [0.5, 0.6) is 0 Å². The molecule has 0 bridgehead atoms. The molecule has 0 spiro atoms. The first kappa shape index (κ1) is 13.8. The first-order chi connectivity index (χ1) is 9.72. The van der Waals surface area contributed by atoms with Gasteiger partial charge >= 0.3 is 0 Å². The minimum atomic E-state index is 0.122. The maximum absolute atomic E-state index is 4.70. The van der Waals surface area contributed by atoms with Gasteiger partial charge in [0.15, 0.2) is 0 Å². The molecular weight excluding hydrogens is 381 g/mol. The molecule has 2 N–H and O–H groups in total. The Hall–Kier alpha value is -1.21. The maximum Gasteiger partial charge on any atom is 0.206 e. The van der Waals surface area contributed by atoms with Crippen LogP contribution in [0, 0.1) is 3.57 Å². The molecule has 102 valence electrons. The van der Waals surface area contributed by atoms with Crippen LogP contribution in [0.15, 0.2) is 58.4 Å². The van der Waals surface area contributed by atoms with Crippen molar-refractivity contribution in [1.29, 1.82) is 0 Å². The van der Waals surface area contributed by atoms with E-state index in [2.05, 4.69) is 69.9 Å². The summed E-state index contributed by atoms with van der Waals surface area (Å²) < 4.78 is 4.49. The molecule has 1 unspecified atom stereocenters. The average Bonchev–Trinajstić information content (AvgIpc) is 2.48. The quantitative estimate of drug-likeness (QED) is 0.584. The summed E-state index contributed by atoms with van der Waals surface area (Å²) in [5.74, 6) is 0.806. The standard InChI is InChI=1S/C15H14IN3S/c1-10(11-5-3-2-4-6-11)17-15-18-13-8-7-12(16)9-14(13)20-19-15/h2-10H,1H3,(H2,17,18,19). The highest BCUT2D eigenvalue weighted by Gasteiger charge is 2.15. The average molecular weight is 395 g/mol. The Morgan fingerprint density at radius 1 is 1.15 bits per heavy atom. The first-order valence-corrected chi connectivity index (χ1v) is 8.24. The number of nitrogens with zero attached hydrogens (tertiary/aromatic N) is 1. The van der Waals surface area contributed by atoms with Crippen molar-refractivity contribution in [3.63, 3.8) is 0 Å². The number of hydrogen-bond acceptors (Lipinski definition) is 2. The van der Waals surface area contributed by atoms with Crippen molar-refractivity contribution in [3.05, 3.63) is 57.7 Å². The number of fused-ring (bicyclic) bond motifs is 1. The molecule has 0 aromatic heterocycles. The van der Waals surface area contributed by atoms with Gasteiger partial charge in [-0.15, -0.1) is 0 Å². The Bertz CT molecular complexity index is 643. The summed E-state index contributed by atoms with van der Waals surface area (Å²) >= 11 is 3.92. The summed E-state index contributed by atoms with van der Waals surface area (Å²) in [6.07, 6.45) is 0. The fourth-order valence-electron chi connectivity index (χ4n) is 2.00. The molecule has 0 fully saturated rings. The molecule has 0 amide bonds. The van der Waals surface area contributed by atoms with Gasteiger partial charge in [-0.3, -0.25) is 4.72 Å². The van der Waals surface area contributed by atoms with E-state index in [1.807, 2.05) is 18.2 Å². The van der Waals surface area contributed by atoms with E-state index in [0.29, 0.717) is 0 Å². The molecule has 1 atom stereocenters. The highest BCUT2D eigenvalue weighted by atomic mass is 127. The van der Waals surface area contributed by atoms with Crippen LogP contribution in [0.2, 0.25) is 0 Å². The Labute approximate surface area is 136 Å². The van der Waals surface area contributed by atoms with Gasteiger partial charge in [-0.2, -0.15) is 0 Å². The lowest BCUT2D eigenvalue weighted by Gasteiger charge is -2.21. The largest absolute Gasteiger partial charge is 0.325 e. The van der Waals surface area contributed by atoms with E-state index in [4.69, 9.17) is 4.99 Å². The van der Waals surface area contributed by atoms with E-state index in [0.717, 1.165) is 11.6 Å². The molecule has 1 aliphatic heterocycles. The molecule has 0 aliphatic carbocycles. The second-order valence-electron chi connectivity index (χ2n) is 4.53. The van der Waals surface area contributed by atoms with E-state index in [-0.39, 0.29) is 6.04 Å². The van der Waals surface area contributed by atoms with Crippen LogP contribution in [0.3, 0.4) is 0 Å². The number of guanidine groups is 1. The summed E-state index contributed by atoms with van der Waals surface area (Å²) in [7, 11) is 0. The topological polar surface area (TPSA) is 36.4 Å². The predicted octanol–water partition coefficient (Wildman–Crippen LogP) is 4.43. The molecule has 2 aromatic rings. The van der Waals surface area contributed by atoms with Crippen LogP contribution < -0.4 is 10.0 Å². The monoisotopic (exact) mass is 395 g/mol. The molecule has 0 saturated carbocycles. The summed E-state index contributed by atoms with van der Waals surface area (Å²) in [5.41, 5.74) is 2.31. The molecule has 20 heavy (non-hydrogen) atoms. The lowest BCUT2D eigenvalue weighted by atomic mass is 10.1. The molecule has 2 aromatic carbocycles. The highest BCUT2D eigenvalue weighted by molar-refractivity contribution is 14.1. The van der Waals surface area contributed by atoms with Gasteiger partial charge in [-0.25, -0.2) is 4.99 Å². The zero-order valence-electron chi connectivity index (χ0n) is 10.9. The van der Waals surface area contributed by atoms with Gasteiger partial charge in [0.1, 0.15) is 0 Å². The second kappa shape index (κ2) is 6.05. The lowest BCUT2D eigenvalue weighted by Crippen LogP contribution is -2.29. The molecule has 5 heteroatoms. The third-order valence-electron chi connectivity index (χ3n) is 3.06. The third-order valence-corrected chi connectivity index (χ3v) is 4.58. The van der Waals surface area contributed by atoms with Crippen molar-refractivity contribution in [1.82, 2.24) is 4.72 Å². The number of nitrogens with one attached hydrogen (secondary N) is 2. The van der Waals surface area contributed by atoms with Crippen molar-refractivity contribution < 1.29 is 0 Å². The summed E-state index contributed by atoms with van der Waals surface area (Å²) in [5, 5.41) is 3.34. The van der Waals surface area contributed by atoms with Crippen LogP contribution in [-0.4, -0.2) is 5.96 Å². The summed E-state index contributed by atoms with van der Waals surface area (Å²) in [4.78, 5) is 5.90. The number of halogens is 1. The van der Waals surface area contributed by atoms with Crippen molar-refractivity contribution in [3.8, 4) is 0 Å². The molecule has 3 rings (SSSR count). The zero-order valence-corrected chi connectivity index (χ0v) is 13.9. The first-order valence-electron chi connectivity index (χ1n) is 6.34. The van der Waals surface area contributed by atoms with E-state index in [1.54, 1.807) is 11.9 Å². The number of aliphatic imine (C=N–C) groups is 1. The number of anilines is 1. The fraction of sp³-hybridized carbons (Fsp3) is 0.133.